The second kappa shape index (κ2) is 5.19. The minimum Gasteiger partial charge on any atom is -0.497 e. The molecule has 0 spiro atoms. The van der Waals surface area contributed by atoms with E-state index in [9.17, 15) is 14.0 Å². The molecule has 1 atom stereocenters. The Morgan fingerprint density at radius 2 is 2.00 bits per heavy atom. The van der Waals surface area contributed by atoms with Crippen LogP contribution in [0.3, 0.4) is 0 Å². The Kier molecular flexibility index (Phi) is 3.13. The third kappa shape index (κ3) is 2.07. The van der Waals surface area contributed by atoms with Crippen molar-refractivity contribution in [3.63, 3.8) is 0 Å². The predicted molar refractivity (Wildman–Crippen MR) is 84.7 cm³/mol. The van der Waals surface area contributed by atoms with Gasteiger partial charge in [0, 0.05) is 0 Å². The molecule has 1 aliphatic rings. The molecule has 5 nitrogen and oxygen atoms in total. The fourth-order valence-electron chi connectivity index (χ4n) is 2.95. The summed E-state index contributed by atoms with van der Waals surface area (Å²) in [6.45, 7) is 0. The topological polar surface area (TPSA) is 68.5 Å². The van der Waals surface area contributed by atoms with Gasteiger partial charge in [-0.1, -0.05) is 12.1 Å². The highest BCUT2D eigenvalue weighted by atomic mass is 19.1. The number of fused-ring (bicyclic) bond motifs is 2. The van der Waals surface area contributed by atoms with Crippen LogP contribution in [0.25, 0.3) is 11.0 Å². The lowest BCUT2D eigenvalue weighted by Crippen LogP contribution is -2.21. The molecule has 3 aromatic rings. The van der Waals surface area contributed by atoms with Gasteiger partial charge in [-0.3, -0.25) is 9.59 Å². The van der Waals surface area contributed by atoms with Crippen molar-refractivity contribution in [1.29, 1.82) is 0 Å². The SMILES string of the molecule is COc1cccc(C2NC(=O)c3oc4ccc(F)cc4c(=O)c32)c1. The molecule has 24 heavy (non-hydrogen) atoms. The highest BCUT2D eigenvalue weighted by Gasteiger charge is 2.36. The number of carbonyl (C=O) groups is 1. The maximum Gasteiger partial charge on any atom is 0.288 e. The molecule has 1 aliphatic heterocycles. The fraction of sp³-hybridized carbons (Fsp3) is 0.111. The van der Waals surface area contributed by atoms with E-state index in [1.54, 1.807) is 24.3 Å². The van der Waals surface area contributed by atoms with Gasteiger partial charge >= 0.3 is 0 Å². The Balaban J connectivity index is 1.97. The summed E-state index contributed by atoms with van der Waals surface area (Å²) in [4.78, 5) is 25.0. The van der Waals surface area contributed by atoms with Crippen molar-refractivity contribution < 1.29 is 18.3 Å². The Morgan fingerprint density at radius 3 is 2.79 bits per heavy atom. The number of nitrogens with one attached hydrogen (secondary N) is 1. The normalized spacial score (nSPS) is 16.1. The van der Waals surface area contributed by atoms with Gasteiger partial charge in [-0.05, 0) is 35.9 Å². The Morgan fingerprint density at radius 1 is 1.17 bits per heavy atom. The van der Waals surface area contributed by atoms with Crippen LogP contribution in [0.15, 0.2) is 51.7 Å². The van der Waals surface area contributed by atoms with Crippen LogP contribution in [-0.4, -0.2) is 13.0 Å². The highest BCUT2D eigenvalue weighted by Crippen LogP contribution is 2.32. The molecule has 1 aromatic heterocycles. The maximum absolute atomic E-state index is 13.5. The number of halogens is 1. The zero-order chi connectivity index (χ0) is 16.8. The highest BCUT2D eigenvalue weighted by molar-refractivity contribution is 5.98. The number of methoxy groups -OCH3 is 1. The third-order valence-electron chi connectivity index (χ3n) is 4.08. The van der Waals surface area contributed by atoms with E-state index in [0.717, 1.165) is 6.07 Å². The van der Waals surface area contributed by atoms with Gasteiger partial charge in [0.2, 0.25) is 5.76 Å². The first kappa shape index (κ1) is 14.4. The molecule has 0 saturated heterocycles. The van der Waals surface area contributed by atoms with E-state index in [1.165, 1.54) is 19.2 Å². The quantitative estimate of drug-likeness (QED) is 0.787. The van der Waals surface area contributed by atoms with Gasteiger partial charge in [-0.2, -0.15) is 0 Å². The molecular formula is C18H12FNO4. The second-order valence-electron chi connectivity index (χ2n) is 5.50. The van der Waals surface area contributed by atoms with Crippen molar-refractivity contribution in [1.82, 2.24) is 5.32 Å². The summed E-state index contributed by atoms with van der Waals surface area (Å²) in [5.41, 5.74) is 0.634. The van der Waals surface area contributed by atoms with Crippen LogP contribution in [-0.2, 0) is 0 Å². The summed E-state index contributed by atoms with van der Waals surface area (Å²) >= 11 is 0. The first-order valence-electron chi connectivity index (χ1n) is 7.29. The van der Waals surface area contributed by atoms with Gasteiger partial charge in [0.15, 0.2) is 5.43 Å². The summed E-state index contributed by atoms with van der Waals surface area (Å²) in [5.74, 6) is -0.440. The van der Waals surface area contributed by atoms with E-state index < -0.39 is 23.2 Å². The molecule has 1 amide bonds. The van der Waals surface area contributed by atoms with Crippen molar-refractivity contribution in [2.75, 3.05) is 7.11 Å². The van der Waals surface area contributed by atoms with Crippen LogP contribution in [0.5, 0.6) is 5.75 Å². The Bertz CT molecular complexity index is 1040. The number of hydrogen-bond donors (Lipinski definition) is 1. The van der Waals surface area contributed by atoms with Crippen molar-refractivity contribution in [3.05, 3.63) is 75.4 Å². The molecule has 6 heteroatoms. The molecule has 1 unspecified atom stereocenters. The Labute approximate surface area is 135 Å². The van der Waals surface area contributed by atoms with Crippen LogP contribution >= 0.6 is 0 Å². The van der Waals surface area contributed by atoms with Crippen LogP contribution in [0, 0.1) is 5.82 Å². The van der Waals surface area contributed by atoms with Crippen LogP contribution in [0.2, 0.25) is 0 Å². The molecule has 0 saturated carbocycles. The largest absolute Gasteiger partial charge is 0.497 e. The summed E-state index contributed by atoms with van der Waals surface area (Å²) < 4.78 is 24.2. The van der Waals surface area contributed by atoms with Gasteiger partial charge in [-0.25, -0.2) is 4.39 Å². The van der Waals surface area contributed by atoms with Gasteiger partial charge < -0.3 is 14.5 Å². The number of rotatable bonds is 2. The smallest absolute Gasteiger partial charge is 0.288 e. The van der Waals surface area contributed by atoms with Crippen LogP contribution < -0.4 is 15.5 Å². The molecule has 2 heterocycles. The lowest BCUT2D eigenvalue weighted by atomic mass is 9.99. The average Bonchev–Trinajstić information content (AvgIpc) is 2.93. The van der Waals surface area contributed by atoms with E-state index in [-0.39, 0.29) is 22.3 Å². The van der Waals surface area contributed by atoms with Crippen molar-refractivity contribution in [2.45, 2.75) is 6.04 Å². The van der Waals surface area contributed by atoms with Crippen molar-refractivity contribution in [3.8, 4) is 5.75 Å². The molecule has 2 aromatic carbocycles. The number of carbonyl (C=O) groups excluding carboxylic acids is 1. The van der Waals surface area contributed by atoms with Gasteiger partial charge in [0.1, 0.15) is 17.1 Å². The fourth-order valence-corrected chi connectivity index (χ4v) is 2.95. The standard InChI is InChI=1S/C18H12FNO4/c1-23-11-4-2-3-9(7-11)15-14-16(21)12-8-10(19)5-6-13(12)24-17(14)18(22)20-15/h2-8,15H,1H3,(H,20,22). The number of ether oxygens (including phenoxy) is 1. The van der Waals surface area contributed by atoms with E-state index in [0.29, 0.717) is 11.3 Å². The van der Waals surface area contributed by atoms with Crippen LogP contribution in [0.4, 0.5) is 4.39 Å². The van der Waals surface area contributed by atoms with E-state index in [4.69, 9.17) is 9.15 Å². The lowest BCUT2D eigenvalue weighted by Gasteiger charge is -2.12. The molecule has 4 rings (SSSR count). The molecule has 0 bridgehead atoms. The zero-order valence-electron chi connectivity index (χ0n) is 12.6. The van der Waals surface area contributed by atoms with Gasteiger partial charge in [-0.15, -0.1) is 0 Å². The molecule has 0 radical (unpaired) electrons. The van der Waals surface area contributed by atoms with Crippen LogP contribution in [0.1, 0.15) is 27.7 Å². The molecular weight excluding hydrogens is 313 g/mol. The zero-order valence-corrected chi connectivity index (χ0v) is 12.6. The van der Waals surface area contributed by atoms with E-state index in [1.807, 2.05) is 0 Å². The monoisotopic (exact) mass is 325 g/mol. The van der Waals surface area contributed by atoms with E-state index >= 15 is 0 Å². The van der Waals surface area contributed by atoms with Gasteiger partial charge in [0.25, 0.3) is 5.91 Å². The third-order valence-corrected chi connectivity index (χ3v) is 4.08. The van der Waals surface area contributed by atoms with E-state index in [2.05, 4.69) is 5.32 Å². The predicted octanol–water partition coefficient (Wildman–Crippen LogP) is 2.77. The number of hydrogen-bond acceptors (Lipinski definition) is 4. The lowest BCUT2D eigenvalue weighted by molar-refractivity contribution is 0.0938. The average molecular weight is 325 g/mol. The minimum atomic E-state index is -0.661. The molecule has 0 aliphatic carbocycles. The number of benzene rings is 2. The summed E-state index contributed by atoms with van der Waals surface area (Å²) in [7, 11) is 1.53. The Hall–Kier alpha value is -3.15. The molecule has 120 valence electrons. The molecule has 0 fully saturated rings. The maximum atomic E-state index is 13.5. The minimum absolute atomic E-state index is 0.0353. The number of amides is 1. The summed E-state index contributed by atoms with van der Waals surface area (Å²) in [6, 6.07) is 10.0. The van der Waals surface area contributed by atoms with Crippen molar-refractivity contribution in [2.24, 2.45) is 0 Å². The summed E-state index contributed by atoms with van der Waals surface area (Å²) in [5, 5.41) is 2.84. The first-order valence-corrected chi connectivity index (χ1v) is 7.29. The second-order valence-corrected chi connectivity index (χ2v) is 5.50. The first-order chi connectivity index (χ1) is 11.6. The van der Waals surface area contributed by atoms with Crippen molar-refractivity contribution >= 4 is 16.9 Å². The summed E-state index contributed by atoms with van der Waals surface area (Å²) in [6.07, 6.45) is 0. The van der Waals surface area contributed by atoms with Gasteiger partial charge in [0.05, 0.1) is 24.1 Å². The molecule has 1 N–H and O–H groups in total.